The number of nitrogens with zero attached hydrogens (tertiary/aromatic N) is 1. The van der Waals surface area contributed by atoms with E-state index in [2.05, 4.69) is 11.6 Å². The third kappa shape index (κ3) is 5.01. The summed E-state index contributed by atoms with van der Waals surface area (Å²) in [5.41, 5.74) is 11.5. The van der Waals surface area contributed by atoms with E-state index in [4.69, 9.17) is 16.2 Å². The maximum Gasteiger partial charge on any atom is 0.186 e. The summed E-state index contributed by atoms with van der Waals surface area (Å²) in [6, 6.07) is 7.61. The maximum absolute atomic E-state index is 5.45. The van der Waals surface area contributed by atoms with Crippen LogP contribution in [0.2, 0.25) is 0 Å². The molecule has 0 aromatic heterocycles. The number of aliphatic imine (C=N–C) groups is 1. The van der Waals surface area contributed by atoms with Gasteiger partial charge in [-0.1, -0.05) is 30.9 Å². The molecule has 16 heavy (non-hydrogen) atoms. The summed E-state index contributed by atoms with van der Waals surface area (Å²) < 4.78 is 5.45. The average Bonchev–Trinajstić information content (AvgIpc) is 2.24. The summed E-state index contributed by atoms with van der Waals surface area (Å²) >= 11 is 0. The van der Waals surface area contributed by atoms with Crippen molar-refractivity contribution in [3.8, 4) is 5.75 Å². The van der Waals surface area contributed by atoms with Gasteiger partial charge in [0.25, 0.3) is 0 Å². The van der Waals surface area contributed by atoms with Crippen molar-refractivity contribution in [1.82, 2.24) is 0 Å². The van der Waals surface area contributed by atoms with Crippen LogP contribution < -0.4 is 16.2 Å². The number of benzene rings is 1. The molecule has 0 fully saturated rings. The SMILES string of the molecule is C=CCOc1ccccc1CN=C(N)N.I. The molecule has 0 saturated heterocycles. The predicted molar refractivity (Wildman–Crippen MR) is 77.1 cm³/mol. The zero-order chi connectivity index (χ0) is 11.1. The molecule has 5 heteroatoms. The molecule has 0 aliphatic rings. The van der Waals surface area contributed by atoms with Crippen molar-refractivity contribution in [3.63, 3.8) is 0 Å². The van der Waals surface area contributed by atoms with Crippen molar-refractivity contribution in [1.29, 1.82) is 0 Å². The van der Waals surface area contributed by atoms with E-state index in [0.717, 1.165) is 11.3 Å². The molecule has 1 aromatic carbocycles. The fourth-order valence-electron chi connectivity index (χ4n) is 1.10. The second-order valence-corrected chi connectivity index (χ2v) is 2.95. The fraction of sp³-hybridized carbons (Fsp3) is 0.182. The minimum Gasteiger partial charge on any atom is -0.489 e. The number of guanidine groups is 1. The van der Waals surface area contributed by atoms with Gasteiger partial charge in [-0.2, -0.15) is 0 Å². The monoisotopic (exact) mass is 333 g/mol. The van der Waals surface area contributed by atoms with Gasteiger partial charge >= 0.3 is 0 Å². The zero-order valence-electron chi connectivity index (χ0n) is 8.93. The van der Waals surface area contributed by atoms with Gasteiger partial charge in [0.15, 0.2) is 5.96 Å². The molecule has 0 heterocycles. The van der Waals surface area contributed by atoms with Gasteiger partial charge in [-0.3, -0.25) is 0 Å². The zero-order valence-corrected chi connectivity index (χ0v) is 11.3. The predicted octanol–water partition coefficient (Wildman–Crippen LogP) is 1.64. The minimum atomic E-state index is 0. The first kappa shape index (κ1) is 14.8. The minimum absolute atomic E-state index is 0. The number of hydrogen-bond donors (Lipinski definition) is 2. The van der Waals surface area contributed by atoms with Gasteiger partial charge in [-0.25, -0.2) is 4.99 Å². The molecule has 0 spiro atoms. The highest BCUT2D eigenvalue weighted by Crippen LogP contribution is 2.18. The van der Waals surface area contributed by atoms with Gasteiger partial charge < -0.3 is 16.2 Å². The second-order valence-electron chi connectivity index (χ2n) is 2.95. The third-order valence-electron chi connectivity index (χ3n) is 1.76. The Labute approximate surface area is 112 Å². The van der Waals surface area contributed by atoms with E-state index < -0.39 is 0 Å². The molecule has 0 radical (unpaired) electrons. The van der Waals surface area contributed by atoms with E-state index in [1.165, 1.54) is 0 Å². The van der Waals surface area contributed by atoms with Crippen LogP contribution in [0.25, 0.3) is 0 Å². The van der Waals surface area contributed by atoms with E-state index in [9.17, 15) is 0 Å². The van der Waals surface area contributed by atoms with E-state index in [-0.39, 0.29) is 29.9 Å². The number of ether oxygens (including phenoxy) is 1. The fourth-order valence-corrected chi connectivity index (χ4v) is 1.10. The van der Waals surface area contributed by atoms with Crippen LogP contribution >= 0.6 is 24.0 Å². The lowest BCUT2D eigenvalue weighted by atomic mass is 10.2. The smallest absolute Gasteiger partial charge is 0.186 e. The summed E-state index contributed by atoms with van der Waals surface area (Å²) in [5, 5.41) is 0. The van der Waals surface area contributed by atoms with Crippen molar-refractivity contribution in [2.24, 2.45) is 16.5 Å². The summed E-state index contributed by atoms with van der Waals surface area (Å²) in [4.78, 5) is 3.93. The Kier molecular flexibility index (Phi) is 7.36. The van der Waals surface area contributed by atoms with Crippen LogP contribution in [0.4, 0.5) is 0 Å². The van der Waals surface area contributed by atoms with E-state index >= 15 is 0 Å². The van der Waals surface area contributed by atoms with Gasteiger partial charge in [0.1, 0.15) is 12.4 Å². The highest BCUT2D eigenvalue weighted by Gasteiger charge is 2.00. The number of hydrogen-bond acceptors (Lipinski definition) is 2. The maximum atomic E-state index is 5.45. The molecule has 0 aliphatic heterocycles. The van der Waals surface area contributed by atoms with Crippen LogP contribution in [0.3, 0.4) is 0 Å². The molecule has 4 N–H and O–H groups in total. The Morgan fingerprint density at radius 3 is 2.69 bits per heavy atom. The highest BCUT2D eigenvalue weighted by molar-refractivity contribution is 14.0. The molecule has 88 valence electrons. The lowest BCUT2D eigenvalue weighted by Crippen LogP contribution is -2.22. The van der Waals surface area contributed by atoms with Gasteiger partial charge in [0, 0.05) is 5.56 Å². The molecule has 1 aromatic rings. The number of halogens is 1. The average molecular weight is 333 g/mol. The van der Waals surface area contributed by atoms with Crippen LogP contribution in [0.15, 0.2) is 41.9 Å². The van der Waals surface area contributed by atoms with Crippen molar-refractivity contribution in [2.75, 3.05) is 6.61 Å². The number of nitrogens with two attached hydrogens (primary N) is 2. The highest BCUT2D eigenvalue weighted by atomic mass is 127. The van der Waals surface area contributed by atoms with Crippen LogP contribution in [-0.4, -0.2) is 12.6 Å². The molecule has 0 bridgehead atoms. The van der Waals surface area contributed by atoms with Crippen molar-refractivity contribution in [2.45, 2.75) is 6.54 Å². The molecule has 0 amide bonds. The molecule has 1 rings (SSSR count). The Balaban J connectivity index is 0.00000225. The van der Waals surface area contributed by atoms with Gasteiger partial charge in [0.2, 0.25) is 0 Å². The molecular formula is C11H16IN3O. The second kappa shape index (κ2) is 7.98. The van der Waals surface area contributed by atoms with Gasteiger partial charge in [-0.05, 0) is 6.07 Å². The Morgan fingerprint density at radius 2 is 2.06 bits per heavy atom. The largest absolute Gasteiger partial charge is 0.489 e. The first-order valence-electron chi connectivity index (χ1n) is 4.61. The summed E-state index contributed by atoms with van der Waals surface area (Å²) in [6.45, 7) is 4.48. The molecule has 0 aliphatic carbocycles. The number of para-hydroxylation sites is 1. The third-order valence-corrected chi connectivity index (χ3v) is 1.76. The molecular weight excluding hydrogens is 317 g/mol. The quantitative estimate of drug-likeness (QED) is 0.372. The topological polar surface area (TPSA) is 73.6 Å². The first-order valence-corrected chi connectivity index (χ1v) is 4.61. The first-order chi connectivity index (χ1) is 7.24. The molecule has 4 nitrogen and oxygen atoms in total. The lowest BCUT2D eigenvalue weighted by molar-refractivity contribution is 0.359. The number of rotatable bonds is 5. The standard InChI is InChI=1S/C11H15N3O.HI/c1-2-7-15-10-6-4-3-5-9(10)8-14-11(12)13;/h2-6H,1,7-8H2,(H4,12,13,14);1H. The van der Waals surface area contributed by atoms with Crippen molar-refractivity contribution >= 4 is 29.9 Å². The molecule has 0 atom stereocenters. The summed E-state index contributed by atoms with van der Waals surface area (Å²) in [6.07, 6.45) is 1.69. The van der Waals surface area contributed by atoms with Crippen LogP contribution in [-0.2, 0) is 6.54 Å². The Morgan fingerprint density at radius 1 is 1.38 bits per heavy atom. The van der Waals surface area contributed by atoms with E-state index in [1.54, 1.807) is 6.08 Å². The lowest BCUT2D eigenvalue weighted by Gasteiger charge is -2.07. The Hall–Kier alpha value is -1.24. The van der Waals surface area contributed by atoms with Crippen molar-refractivity contribution in [3.05, 3.63) is 42.5 Å². The van der Waals surface area contributed by atoms with E-state index in [1.807, 2.05) is 24.3 Å². The Bertz CT molecular complexity index is 362. The molecule has 0 saturated carbocycles. The summed E-state index contributed by atoms with van der Waals surface area (Å²) in [5.74, 6) is 0.857. The van der Waals surface area contributed by atoms with Gasteiger partial charge in [0.05, 0.1) is 6.54 Å². The van der Waals surface area contributed by atoms with Crippen LogP contribution in [0, 0.1) is 0 Å². The molecule has 0 unspecified atom stereocenters. The summed E-state index contributed by atoms with van der Waals surface area (Å²) in [7, 11) is 0. The van der Waals surface area contributed by atoms with Gasteiger partial charge in [-0.15, -0.1) is 24.0 Å². The van der Waals surface area contributed by atoms with E-state index in [0.29, 0.717) is 13.2 Å². The van der Waals surface area contributed by atoms with Crippen molar-refractivity contribution < 1.29 is 4.74 Å². The van der Waals surface area contributed by atoms with Crippen LogP contribution in [0.5, 0.6) is 5.75 Å². The normalized spacial score (nSPS) is 8.75. The van der Waals surface area contributed by atoms with Crippen LogP contribution in [0.1, 0.15) is 5.56 Å².